The molecular weight excluding hydrogens is 380 g/mol. The highest BCUT2D eigenvalue weighted by Crippen LogP contribution is 2.12. The Morgan fingerprint density at radius 3 is 2.00 bits per heavy atom. The van der Waals surface area contributed by atoms with Crippen LogP contribution in [0.5, 0.6) is 0 Å². The fourth-order valence-electron chi connectivity index (χ4n) is 2.56. The first kappa shape index (κ1) is 23.5. The highest BCUT2D eigenvalue weighted by atomic mass is 79.9. The third kappa shape index (κ3) is 13.9. The van der Waals surface area contributed by atoms with Crippen molar-refractivity contribution in [2.24, 2.45) is 10.7 Å². The molecule has 0 spiro atoms. The Kier molecular flexibility index (Phi) is 17.0. The van der Waals surface area contributed by atoms with Gasteiger partial charge in [-0.1, -0.05) is 107 Å². The van der Waals surface area contributed by atoms with E-state index in [0.717, 1.165) is 10.9 Å². The third-order valence-electron chi connectivity index (χ3n) is 4.01. The van der Waals surface area contributed by atoms with Crippen molar-refractivity contribution in [2.45, 2.75) is 77.7 Å². The van der Waals surface area contributed by atoms with Crippen molar-refractivity contribution >= 4 is 33.9 Å². The van der Waals surface area contributed by atoms with Gasteiger partial charge in [-0.3, -0.25) is 4.99 Å². The van der Waals surface area contributed by atoms with E-state index in [2.05, 4.69) is 24.0 Å². The fraction of sp³-hybridized carbons (Fsp3) is 0.650. The molecule has 4 heteroatoms. The van der Waals surface area contributed by atoms with Crippen LogP contribution in [0.25, 0.3) is 0 Å². The Labute approximate surface area is 163 Å². The predicted molar refractivity (Wildman–Crippen MR) is 116 cm³/mol. The van der Waals surface area contributed by atoms with Crippen molar-refractivity contribution in [1.82, 2.24) is 0 Å². The summed E-state index contributed by atoms with van der Waals surface area (Å²) in [7, 11) is 0. The van der Waals surface area contributed by atoms with Crippen molar-refractivity contribution in [2.75, 3.05) is 5.75 Å². The van der Waals surface area contributed by atoms with Gasteiger partial charge in [0.25, 0.3) is 0 Å². The molecule has 0 saturated carbocycles. The van der Waals surface area contributed by atoms with E-state index in [-0.39, 0.29) is 17.0 Å². The minimum Gasteiger partial charge on any atom is -0.379 e. The number of halogens is 1. The first-order chi connectivity index (χ1) is 11.3. The van der Waals surface area contributed by atoms with Crippen LogP contribution in [0, 0.1) is 0 Å². The van der Waals surface area contributed by atoms with Gasteiger partial charge in [0.15, 0.2) is 5.17 Å². The van der Waals surface area contributed by atoms with Crippen molar-refractivity contribution in [3.63, 3.8) is 0 Å². The van der Waals surface area contributed by atoms with E-state index in [1.54, 1.807) is 11.8 Å². The molecule has 2 N–H and O–H groups in total. The van der Waals surface area contributed by atoms with Gasteiger partial charge in [-0.05, 0) is 12.0 Å². The zero-order valence-electron chi connectivity index (χ0n) is 15.2. The summed E-state index contributed by atoms with van der Waals surface area (Å²) >= 11 is 1.70. The number of unbranched alkanes of at least 4 members (excludes halogenated alkanes) is 9. The zero-order valence-corrected chi connectivity index (χ0v) is 17.7. The molecule has 24 heavy (non-hydrogen) atoms. The number of nitrogens with zero attached hydrogens (tertiary/aromatic N) is 1. The minimum atomic E-state index is 0. The predicted octanol–water partition coefficient (Wildman–Crippen LogP) is 6.73. The lowest BCUT2D eigenvalue weighted by Crippen LogP contribution is -2.07. The van der Waals surface area contributed by atoms with Gasteiger partial charge in [-0.2, -0.15) is 0 Å². The molecule has 0 aromatic heterocycles. The number of rotatable bonds is 13. The molecule has 0 heterocycles. The Bertz CT molecular complexity index is 409. The maximum Gasteiger partial charge on any atom is 0.154 e. The van der Waals surface area contributed by atoms with E-state index in [1.807, 2.05) is 18.2 Å². The molecule has 0 saturated heterocycles. The molecular formula is C20H35BrN2S. The summed E-state index contributed by atoms with van der Waals surface area (Å²) in [5.41, 5.74) is 7.17. The van der Waals surface area contributed by atoms with Crippen LogP contribution in [0.1, 0.15) is 76.7 Å². The van der Waals surface area contributed by atoms with Crippen LogP contribution in [0.4, 0.5) is 0 Å². The summed E-state index contributed by atoms with van der Waals surface area (Å²) in [5, 5.41) is 0.727. The second-order valence-electron chi connectivity index (χ2n) is 6.17. The molecule has 0 radical (unpaired) electrons. The maximum atomic E-state index is 5.95. The summed E-state index contributed by atoms with van der Waals surface area (Å²) in [5.74, 6) is 1.10. The van der Waals surface area contributed by atoms with E-state index in [1.165, 1.54) is 69.8 Å². The van der Waals surface area contributed by atoms with Gasteiger partial charge in [0.05, 0.1) is 6.54 Å². The largest absolute Gasteiger partial charge is 0.379 e. The summed E-state index contributed by atoms with van der Waals surface area (Å²) in [6.07, 6.45) is 13.8. The quantitative estimate of drug-likeness (QED) is 0.220. The van der Waals surface area contributed by atoms with Gasteiger partial charge in [0.1, 0.15) is 0 Å². The second-order valence-corrected chi connectivity index (χ2v) is 7.29. The molecule has 0 aliphatic heterocycles. The number of benzene rings is 1. The maximum absolute atomic E-state index is 5.95. The second kappa shape index (κ2) is 17.3. The van der Waals surface area contributed by atoms with Crippen LogP contribution in [-0.4, -0.2) is 10.9 Å². The summed E-state index contributed by atoms with van der Waals surface area (Å²) < 4.78 is 0. The number of nitrogens with two attached hydrogens (primary N) is 1. The number of thioether (sulfide) groups is 1. The monoisotopic (exact) mass is 414 g/mol. The van der Waals surface area contributed by atoms with Crippen LogP contribution in [-0.2, 0) is 6.54 Å². The van der Waals surface area contributed by atoms with E-state index in [4.69, 9.17) is 5.73 Å². The van der Waals surface area contributed by atoms with Gasteiger partial charge in [0.2, 0.25) is 0 Å². The molecule has 0 aliphatic rings. The number of aliphatic imine (C=N–C) groups is 1. The molecule has 0 unspecified atom stereocenters. The van der Waals surface area contributed by atoms with E-state index in [0.29, 0.717) is 6.54 Å². The molecule has 1 aromatic carbocycles. The lowest BCUT2D eigenvalue weighted by atomic mass is 10.1. The number of amidine groups is 1. The van der Waals surface area contributed by atoms with Crippen LogP contribution in [0.3, 0.4) is 0 Å². The van der Waals surface area contributed by atoms with Crippen molar-refractivity contribution in [3.8, 4) is 0 Å². The van der Waals surface area contributed by atoms with E-state index >= 15 is 0 Å². The Morgan fingerprint density at radius 1 is 0.875 bits per heavy atom. The van der Waals surface area contributed by atoms with Gasteiger partial charge in [0, 0.05) is 5.75 Å². The molecule has 0 fully saturated rings. The Balaban J connectivity index is 0.00000529. The fourth-order valence-corrected chi connectivity index (χ4v) is 3.28. The molecule has 138 valence electrons. The smallest absolute Gasteiger partial charge is 0.154 e. The first-order valence-corrected chi connectivity index (χ1v) is 10.3. The highest BCUT2D eigenvalue weighted by molar-refractivity contribution is 8.93. The highest BCUT2D eigenvalue weighted by Gasteiger charge is 1.96. The lowest BCUT2D eigenvalue weighted by Gasteiger charge is -2.03. The van der Waals surface area contributed by atoms with Gasteiger partial charge >= 0.3 is 0 Å². The lowest BCUT2D eigenvalue weighted by molar-refractivity contribution is 0.563. The normalized spacial score (nSPS) is 11.3. The SMILES string of the molecule is Br.CCCCCCCCCCCCSC(N)=NCc1ccccc1. The minimum absolute atomic E-state index is 0. The molecule has 0 atom stereocenters. The molecule has 1 aromatic rings. The average Bonchev–Trinajstić information content (AvgIpc) is 2.59. The molecule has 0 aliphatic carbocycles. The van der Waals surface area contributed by atoms with Gasteiger partial charge in [-0.25, -0.2) is 0 Å². The topological polar surface area (TPSA) is 38.4 Å². The number of hydrogen-bond acceptors (Lipinski definition) is 2. The molecule has 0 amide bonds. The van der Waals surface area contributed by atoms with Gasteiger partial charge < -0.3 is 5.73 Å². The van der Waals surface area contributed by atoms with Crippen LogP contribution in [0.2, 0.25) is 0 Å². The van der Waals surface area contributed by atoms with E-state index in [9.17, 15) is 0 Å². The first-order valence-electron chi connectivity index (χ1n) is 9.29. The van der Waals surface area contributed by atoms with Gasteiger partial charge in [-0.15, -0.1) is 17.0 Å². The standard InChI is InChI=1S/C20H34N2S.BrH/c1-2-3-4-5-6-7-8-9-10-14-17-23-20(21)22-18-19-15-12-11-13-16-19;/h11-13,15-16H,2-10,14,17-18H2,1H3,(H2,21,22);1H. The van der Waals surface area contributed by atoms with E-state index < -0.39 is 0 Å². The summed E-state index contributed by atoms with van der Waals surface area (Å²) in [4.78, 5) is 4.43. The van der Waals surface area contributed by atoms with Crippen molar-refractivity contribution in [3.05, 3.63) is 35.9 Å². The van der Waals surface area contributed by atoms with Crippen LogP contribution in [0.15, 0.2) is 35.3 Å². The summed E-state index contributed by atoms with van der Waals surface area (Å²) in [6.45, 7) is 2.97. The Hall–Kier alpha value is -0.480. The molecule has 1 rings (SSSR count). The third-order valence-corrected chi connectivity index (χ3v) is 4.93. The number of hydrogen-bond donors (Lipinski definition) is 1. The zero-order chi connectivity index (χ0) is 16.6. The summed E-state index contributed by atoms with van der Waals surface area (Å²) in [6, 6.07) is 10.3. The van der Waals surface area contributed by atoms with Crippen LogP contribution >= 0.6 is 28.7 Å². The van der Waals surface area contributed by atoms with Crippen molar-refractivity contribution in [1.29, 1.82) is 0 Å². The molecule has 2 nitrogen and oxygen atoms in total. The molecule has 0 bridgehead atoms. The van der Waals surface area contributed by atoms with Crippen LogP contribution < -0.4 is 5.73 Å². The van der Waals surface area contributed by atoms with Crippen molar-refractivity contribution < 1.29 is 0 Å². The average molecular weight is 415 g/mol. The Morgan fingerprint density at radius 2 is 1.42 bits per heavy atom.